The highest BCUT2D eigenvalue weighted by Gasteiger charge is 2.28. The fourth-order valence-electron chi connectivity index (χ4n) is 4.95. The lowest BCUT2D eigenvalue weighted by Gasteiger charge is -2.19. The zero-order valence-electron chi connectivity index (χ0n) is 24.7. The van der Waals surface area contributed by atoms with Crippen molar-refractivity contribution in [2.45, 2.75) is 52.0 Å². The van der Waals surface area contributed by atoms with Gasteiger partial charge in [0.05, 0.1) is 19.1 Å². The normalized spacial score (nSPS) is 10.7. The smallest absolute Gasteiger partial charge is 0.334 e. The quantitative estimate of drug-likeness (QED) is 0.0816. The van der Waals surface area contributed by atoms with Crippen molar-refractivity contribution in [2.24, 2.45) is 0 Å². The number of benzene rings is 3. The third-order valence-electron chi connectivity index (χ3n) is 7.27. The summed E-state index contributed by atoms with van der Waals surface area (Å²) < 4.78 is 10.6. The van der Waals surface area contributed by atoms with Crippen LogP contribution in [-0.4, -0.2) is 30.7 Å². The molecule has 0 bridgehead atoms. The minimum absolute atomic E-state index is 0.0284. The van der Waals surface area contributed by atoms with Crippen LogP contribution in [0.3, 0.4) is 0 Å². The van der Waals surface area contributed by atoms with Crippen LogP contribution in [0.25, 0.3) is 0 Å². The second-order valence-corrected chi connectivity index (χ2v) is 10.2. The van der Waals surface area contributed by atoms with Gasteiger partial charge in [0.15, 0.2) is 0 Å². The summed E-state index contributed by atoms with van der Waals surface area (Å²) in [5.74, 6) is 1.81. The average Bonchev–Trinajstić information content (AvgIpc) is 3.02. The number of hydrogen-bond acceptors (Lipinski definition) is 7. The molecule has 0 aliphatic carbocycles. The van der Waals surface area contributed by atoms with Crippen LogP contribution >= 0.6 is 0 Å². The largest absolute Gasteiger partial charge is 0.497 e. The van der Waals surface area contributed by atoms with Gasteiger partial charge in [-0.3, -0.25) is 10.1 Å². The van der Waals surface area contributed by atoms with Gasteiger partial charge < -0.3 is 20.1 Å². The maximum atomic E-state index is 12.7. The van der Waals surface area contributed by atoms with Crippen LogP contribution in [0.15, 0.2) is 78.9 Å². The van der Waals surface area contributed by atoms with Crippen molar-refractivity contribution in [3.8, 4) is 11.5 Å². The van der Waals surface area contributed by atoms with E-state index in [-0.39, 0.29) is 16.4 Å². The van der Waals surface area contributed by atoms with E-state index in [0.29, 0.717) is 25.2 Å². The first-order valence-corrected chi connectivity index (χ1v) is 14.5. The van der Waals surface area contributed by atoms with Crippen LogP contribution in [-0.2, 0) is 25.8 Å². The Morgan fingerprint density at radius 2 is 1.43 bits per heavy atom. The SMILES string of the molecule is CCCCCc1nc(NCc2ccc(OC)cc2)c([N+](=O)[O-])c(NCCc2ccccc2)c1Cc1ccc(OC)cc1. The molecule has 0 aliphatic heterocycles. The van der Waals surface area contributed by atoms with Gasteiger partial charge in [0.2, 0.25) is 5.82 Å². The second kappa shape index (κ2) is 15.4. The summed E-state index contributed by atoms with van der Waals surface area (Å²) in [5, 5.41) is 19.4. The van der Waals surface area contributed by atoms with Gasteiger partial charge >= 0.3 is 5.69 Å². The molecule has 4 rings (SSSR count). The summed E-state index contributed by atoms with van der Waals surface area (Å²) in [4.78, 5) is 17.3. The predicted molar refractivity (Wildman–Crippen MR) is 169 cm³/mol. The molecule has 0 atom stereocenters. The standard InChI is InChI=1S/C34H40N4O4/c1-4-5-7-12-31-30(23-26-13-17-28(41-2)18-14-26)32(35-22-21-25-10-8-6-9-11-25)33(38(39)40)34(37-31)36-24-27-15-19-29(42-3)20-16-27/h6,8-11,13-20H,4-5,7,12,21-24H2,1-3H3,(H2,35,36,37). The molecule has 4 aromatic rings. The first kappa shape index (κ1) is 30.4. The number of nitrogens with one attached hydrogen (secondary N) is 2. The van der Waals surface area contributed by atoms with Crippen molar-refractivity contribution < 1.29 is 14.4 Å². The molecule has 42 heavy (non-hydrogen) atoms. The van der Waals surface area contributed by atoms with Crippen LogP contribution in [0.5, 0.6) is 11.5 Å². The Bertz CT molecular complexity index is 1430. The van der Waals surface area contributed by atoms with Gasteiger partial charge in [-0.15, -0.1) is 0 Å². The molecule has 0 fully saturated rings. The summed E-state index contributed by atoms with van der Waals surface area (Å²) in [6.45, 7) is 3.12. The Morgan fingerprint density at radius 3 is 2.02 bits per heavy atom. The number of anilines is 2. The van der Waals surface area contributed by atoms with Gasteiger partial charge in [0, 0.05) is 30.8 Å². The van der Waals surface area contributed by atoms with E-state index >= 15 is 0 Å². The average molecular weight is 569 g/mol. The first-order valence-electron chi connectivity index (χ1n) is 14.5. The number of aromatic nitrogens is 1. The first-order chi connectivity index (χ1) is 20.5. The van der Waals surface area contributed by atoms with E-state index in [1.807, 2.05) is 66.7 Å². The molecular weight excluding hydrogens is 528 g/mol. The van der Waals surface area contributed by atoms with Crippen molar-refractivity contribution in [1.29, 1.82) is 0 Å². The molecule has 3 aromatic carbocycles. The fourth-order valence-corrected chi connectivity index (χ4v) is 4.95. The number of methoxy groups -OCH3 is 2. The number of nitro groups is 1. The van der Waals surface area contributed by atoms with E-state index in [4.69, 9.17) is 14.5 Å². The highest BCUT2D eigenvalue weighted by atomic mass is 16.6. The molecule has 0 saturated carbocycles. The zero-order chi connectivity index (χ0) is 29.7. The van der Waals surface area contributed by atoms with Gasteiger partial charge in [-0.05, 0) is 60.2 Å². The summed E-state index contributed by atoms with van der Waals surface area (Å²) in [6.07, 6.45) is 5.09. The Kier molecular flexibility index (Phi) is 11.2. The van der Waals surface area contributed by atoms with E-state index in [2.05, 4.69) is 29.7 Å². The number of nitrogens with zero attached hydrogens (tertiary/aromatic N) is 2. The van der Waals surface area contributed by atoms with E-state index < -0.39 is 0 Å². The topological polar surface area (TPSA) is 98.6 Å². The molecule has 0 aliphatic rings. The summed E-state index contributed by atoms with van der Waals surface area (Å²) in [7, 11) is 3.26. The lowest BCUT2D eigenvalue weighted by molar-refractivity contribution is -0.383. The van der Waals surface area contributed by atoms with E-state index in [0.717, 1.165) is 66.0 Å². The number of pyridine rings is 1. The molecule has 0 saturated heterocycles. The third-order valence-corrected chi connectivity index (χ3v) is 7.27. The lowest BCUT2D eigenvalue weighted by atomic mass is 9.97. The molecule has 8 nitrogen and oxygen atoms in total. The molecule has 0 spiro atoms. The molecule has 1 aromatic heterocycles. The van der Waals surface area contributed by atoms with E-state index in [1.165, 1.54) is 5.56 Å². The van der Waals surface area contributed by atoms with Gasteiger partial charge in [-0.1, -0.05) is 74.4 Å². The Balaban J connectivity index is 1.75. The van der Waals surface area contributed by atoms with Crippen molar-refractivity contribution >= 4 is 17.2 Å². The maximum absolute atomic E-state index is 12.7. The number of rotatable bonds is 16. The number of aryl methyl sites for hydroxylation is 1. The van der Waals surface area contributed by atoms with E-state index in [9.17, 15) is 10.1 Å². The second-order valence-electron chi connectivity index (χ2n) is 10.2. The highest BCUT2D eigenvalue weighted by Crippen LogP contribution is 2.38. The van der Waals surface area contributed by atoms with Crippen molar-refractivity contribution in [1.82, 2.24) is 4.98 Å². The van der Waals surface area contributed by atoms with Crippen molar-refractivity contribution in [3.05, 3.63) is 117 Å². The highest BCUT2D eigenvalue weighted by molar-refractivity contribution is 5.78. The number of unbranched alkanes of at least 4 members (excludes halogenated alkanes) is 2. The predicted octanol–water partition coefficient (Wildman–Crippen LogP) is 7.60. The maximum Gasteiger partial charge on any atom is 0.334 e. The molecular formula is C34H40N4O4. The lowest BCUT2D eigenvalue weighted by Crippen LogP contribution is -2.16. The monoisotopic (exact) mass is 568 g/mol. The molecule has 8 heteroatoms. The summed E-state index contributed by atoms with van der Waals surface area (Å²) in [5.41, 5.74) is 5.42. The van der Waals surface area contributed by atoms with Crippen LogP contribution in [0.1, 0.15) is 54.1 Å². The molecule has 0 unspecified atom stereocenters. The summed E-state index contributed by atoms with van der Waals surface area (Å²) in [6, 6.07) is 25.6. The molecule has 220 valence electrons. The molecule has 2 N–H and O–H groups in total. The van der Waals surface area contributed by atoms with Crippen molar-refractivity contribution in [2.75, 3.05) is 31.4 Å². The van der Waals surface area contributed by atoms with Gasteiger partial charge in [-0.2, -0.15) is 0 Å². The van der Waals surface area contributed by atoms with Crippen LogP contribution in [0, 0.1) is 10.1 Å². The van der Waals surface area contributed by atoms with Gasteiger partial charge in [0.25, 0.3) is 0 Å². The van der Waals surface area contributed by atoms with E-state index in [1.54, 1.807) is 14.2 Å². The summed E-state index contributed by atoms with van der Waals surface area (Å²) >= 11 is 0. The van der Waals surface area contributed by atoms with Crippen LogP contribution in [0.4, 0.5) is 17.2 Å². The van der Waals surface area contributed by atoms with Gasteiger partial charge in [0.1, 0.15) is 17.2 Å². The van der Waals surface area contributed by atoms with Crippen molar-refractivity contribution in [3.63, 3.8) is 0 Å². The zero-order valence-corrected chi connectivity index (χ0v) is 24.7. The Morgan fingerprint density at radius 1 is 0.786 bits per heavy atom. The number of ether oxygens (including phenoxy) is 2. The van der Waals surface area contributed by atoms with Gasteiger partial charge in [-0.25, -0.2) is 4.98 Å². The minimum Gasteiger partial charge on any atom is -0.497 e. The fraction of sp³-hybridized carbons (Fsp3) is 0.324. The number of hydrogen-bond donors (Lipinski definition) is 2. The Labute approximate surface area is 248 Å². The molecule has 1 heterocycles. The Hall–Kier alpha value is -4.59. The molecule has 0 radical (unpaired) electrons. The van der Waals surface area contributed by atoms with Crippen LogP contribution < -0.4 is 20.1 Å². The van der Waals surface area contributed by atoms with Crippen LogP contribution in [0.2, 0.25) is 0 Å². The molecule has 0 amide bonds. The minimum atomic E-state index is -0.318. The third kappa shape index (κ3) is 8.22.